The molecule has 0 atom stereocenters. The third-order valence-corrected chi connectivity index (χ3v) is 3.55. The molecule has 1 aromatic rings. The van der Waals surface area contributed by atoms with E-state index in [0.29, 0.717) is 18.6 Å². The van der Waals surface area contributed by atoms with Gasteiger partial charge in [0.05, 0.1) is 0 Å². The third kappa shape index (κ3) is 2.29. The number of carbonyl (C=O) groups excluding carboxylic acids is 1. The van der Waals surface area contributed by atoms with Crippen molar-refractivity contribution in [2.24, 2.45) is 0 Å². The summed E-state index contributed by atoms with van der Waals surface area (Å²) < 4.78 is 1.12. The molecule has 0 spiro atoms. The fourth-order valence-corrected chi connectivity index (χ4v) is 3.07. The second-order valence-corrected chi connectivity index (χ2v) is 5.33. The lowest BCUT2D eigenvalue weighted by molar-refractivity contribution is -0.119. The molecular formula is C13H16BrNO. The van der Waals surface area contributed by atoms with Crippen molar-refractivity contribution >= 4 is 27.4 Å². The van der Waals surface area contributed by atoms with E-state index in [-0.39, 0.29) is 0 Å². The van der Waals surface area contributed by atoms with Gasteiger partial charge in [-0.15, -0.1) is 0 Å². The van der Waals surface area contributed by atoms with Gasteiger partial charge in [0.15, 0.2) is 0 Å². The van der Waals surface area contributed by atoms with Gasteiger partial charge >= 0.3 is 0 Å². The zero-order valence-corrected chi connectivity index (χ0v) is 11.3. The van der Waals surface area contributed by atoms with E-state index < -0.39 is 0 Å². The molecule has 0 aromatic heterocycles. The van der Waals surface area contributed by atoms with Crippen LogP contribution in [-0.2, 0) is 4.79 Å². The zero-order chi connectivity index (χ0) is 11.7. The Morgan fingerprint density at radius 1 is 1.12 bits per heavy atom. The highest BCUT2D eigenvalue weighted by Gasteiger charge is 2.19. The maximum atomic E-state index is 11.2. The second kappa shape index (κ2) is 4.58. The van der Waals surface area contributed by atoms with Gasteiger partial charge in [-0.25, -0.2) is 0 Å². The minimum atomic E-state index is 0.392. The lowest BCUT2D eigenvalue weighted by Gasteiger charge is -2.31. The van der Waals surface area contributed by atoms with Crippen LogP contribution in [0.15, 0.2) is 16.6 Å². The first kappa shape index (κ1) is 11.6. The Balaban J connectivity index is 2.30. The molecule has 0 aliphatic carbocycles. The molecule has 86 valence electrons. The van der Waals surface area contributed by atoms with Crippen molar-refractivity contribution < 1.29 is 4.79 Å². The number of halogens is 1. The molecule has 16 heavy (non-hydrogen) atoms. The number of piperidine rings is 1. The van der Waals surface area contributed by atoms with Crippen LogP contribution in [0.2, 0.25) is 0 Å². The smallest absolute Gasteiger partial charge is 0.136 e. The second-order valence-electron chi connectivity index (χ2n) is 4.41. The van der Waals surface area contributed by atoms with E-state index in [4.69, 9.17) is 0 Å². The summed E-state index contributed by atoms with van der Waals surface area (Å²) in [4.78, 5) is 13.6. The number of benzene rings is 1. The normalized spacial score (nSPS) is 16.7. The molecule has 0 radical (unpaired) electrons. The largest absolute Gasteiger partial charge is 0.370 e. The van der Waals surface area contributed by atoms with Crippen molar-refractivity contribution in [3.8, 4) is 0 Å². The minimum absolute atomic E-state index is 0.392. The summed E-state index contributed by atoms with van der Waals surface area (Å²) in [6.07, 6.45) is 1.38. The van der Waals surface area contributed by atoms with Crippen molar-refractivity contribution in [3.63, 3.8) is 0 Å². The van der Waals surface area contributed by atoms with Crippen LogP contribution in [0, 0.1) is 13.8 Å². The Morgan fingerprint density at radius 2 is 1.62 bits per heavy atom. The zero-order valence-electron chi connectivity index (χ0n) is 9.72. The molecule has 1 aliphatic rings. The Kier molecular flexibility index (Phi) is 3.33. The fourth-order valence-electron chi connectivity index (χ4n) is 2.38. The first-order valence-electron chi connectivity index (χ1n) is 5.61. The molecule has 2 rings (SSSR count). The van der Waals surface area contributed by atoms with Crippen LogP contribution in [-0.4, -0.2) is 18.9 Å². The molecule has 1 aliphatic heterocycles. The van der Waals surface area contributed by atoms with Crippen LogP contribution >= 0.6 is 15.9 Å². The Morgan fingerprint density at radius 3 is 2.12 bits per heavy atom. The summed E-state index contributed by atoms with van der Waals surface area (Å²) in [5, 5.41) is 0. The van der Waals surface area contributed by atoms with Crippen LogP contribution in [0.25, 0.3) is 0 Å². The van der Waals surface area contributed by atoms with E-state index in [0.717, 1.165) is 17.6 Å². The van der Waals surface area contributed by atoms with Gasteiger partial charge < -0.3 is 4.90 Å². The van der Waals surface area contributed by atoms with Gasteiger partial charge in [-0.2, -0.15) is 0 Å². The van der Waals surface area contributed by atoms with Gasteiger partial charge in [0.2, 0.25) is 0 Å². The summed E-state index contributed by atoms with van der Waals surface area (Å²) in [6, 6.07) is 4.28. The van der Waals surface area contributed by atoms with Crippen LogP contribution in [0.5, 0.6) is 0 Å². The standard InChI is InChI=1S/C13H16BrNO/c1-9-7-11(14)8-10(2)13(9)15-5-3-12(16)4-6-15/h7-8H,3-6H2,1-2H3. The third-order valence-electron chi connectivity index (χ3n) is 3.09. The van der Waals surface area contributed by atoms with Crippen molar-refractivity contribution in [3.05, 3.63) is 27.7 Å². The highest BCUT2D eigenvalue weighted by Crippen LogP contribution is 2.30. The first-order chi connectivity index (χ1) is 7.58. The maximum Gasteiger partial charge on any atom is 0.136 e. The van der Waals surface area contributed by atoms with Gasteiger partial charge in [0.25, 0.3) is 0 Å². The van der Waals surface area contributed by atoms with Crippen LogP contribution < -0.4 is 4.90 Å². The average Bonchev–Trinajstić information content (AvgIpc) is 2.19. The van der Waals surface area contributed by atoms with E-state index in [1.165, 1.54) is 16.8 Å². The van der Waals surface area contributed by atoms with Gasteiger partial charge in [-0.05, 0) is 37.1 Å². The quantitative estimate of drug-likeness (QED) is 0.788. The Hall–Kier alpha value is -0.830. The first-order valence-corrected chi connectivity index (χ1v) is 6.40. The number of hydrogen-bond acceptors (Lipinski definition) is 2. The van der Waals surface area contributed by atoms with E-state index in [1.807, 2.05) is 0 Å². The van der Waals surface area contributed by atoms with Gasteiger partial charge in [-0.1, -0.05) is 15.9 Å². The molecule has 0 saturated carbocycles. The molecule has 1 aromatic carbocycles. The molecule has 1 heterocycles. The van der Waals surface area contributed by atoms with E-state index in [9.17, 15) is 4.79 Å². The highest BCUT2D eigenvalue weighted by atomic mass is 79.9. The molecule has 3 heteroatoms. The summed E-state index contributed by atoms with van der Waals surface area (Å²) in [5.74, 6) is 0.392. The van der Waals surface area contributed by atoms with Crippen molar-refractivity contribution in [1.82, 2.24) is 0 Å². The Bertz CT molecular complexity index is 395. The highest BCUT2D eigenvalue weighted by molar-refractivity contribution is 9.10. The molecule has 2 nitrogen and oxygen atoms in total. The monoisotopic (exact) mass is 281 g/mol. The van der Waals surface area contributed by atoms with Gasteiger partial charge in [0.1, 0.15) is 5.78 Å². The number of ketones is 1. The lowest BCUT2D eigenvalue weighted by atomic mass is 10.0. The summed E-state index contributed by atoms with van der Waals surface area (Å²) >= 11 is 3.51. The molecule has 0 N–H and O–H groups in total. The Labute approximate surface area is 105 Å². The molecule has 0 bridgehead atoms. The lowest BCUT2D eigenvalue weighted by Crippen LogP contribution is -2.34. The molecular weight excluding hydrogens is 266 g/mol. The number of anilines is 1. The number of nitrogens with zero attached hydrogens (tertiary/aromatic N) is 1. The number of carbonyl (C=O) groups is 1. The minimum Gasteiger partial charge on any atom is -0.370 e. The molecule has 1 saturated heterocycles. The molecule has 1 fully saturated rings. The van der Waals surface area contributed by atoms with E-state index >= 15 is 0 Å². The number of rotatable bonds is 1. The van der Waals surface area contributed by atoms with E-state index in [1.54, 1.807) is 0 Å². The van der Waals surface area contributed by atoms with E-state index in [2.05, 4.69) is 46.8 Å². The number of hydrogen-bond donors (Lipinski definition) is 0. The predicted octanol–water partition coefficient (Wildman–Crippen LogP) is 3.24. The topological polar surface area (TPSA) is 20.3 Å². The van der Waals surface area contributed by atoms with Crippen LogP contribution in [0.1, 0.15) is 24.0 Å². The van der Waals surface area contributed by atoms with Gasteiger partial charge in [-0.3, -0.25) is 4.79 Å². The van der Waals surface area contributed by atoms with Crippen LogP contribution in [0.4, 0.5) is 5.69 Å². The van der Waals surface area contributed by atoms with Gasteiger partial charge in [0, 0.05) is 36.1 Å². The maximum absolute atomic E-state index is 11.2. The average molecular weight is 282 g/mol. The summed E-state index contributed by atoms with van der Waals surface area (Å²) in [6.45, 7) is 5.98. The van der Waals surface area contributed by atoms with Crippen molar-refractivity contribution in [2.75, 3.05) is 18.0 Å². The predicted molar refractivity (Wildman–Crippen MR) is 70.1 cm³/mol. The number of aryl methyl sites for hydroxylation is 2. The van der Waals surface area contributed by atoms with Crippen LogP contribution in [0.3, 0.4) is 0 Å². The van der Waals surface area contributed by atoms with Crippen molar-refractivity contribution in [1.29, 1.82) is 0 Å². The number of Topliss-reactive ketones (excluding diaryl/α,β-unsaturated/α-hetero) is 1. The SMILES string of the molecule is Cc1cc(Br)cc(C)c1N1CCC(=O)CC1. The fraction of sp³-hybridized carbons (Fsp3) is 0.462. The molecule has 0 unspecified atom stereocenters. The summed E-state index contributed by atoms with van der Waals surface area (Å²) in [5.41, 5.74) is 3.86. The summed E-state index contributed by atoms with van der Waals surface area (Å²) in [7, 11) is 0. The molecule has 0 amide bonds. The van der Waals surface area contributed by atoms with Crippen molar-refractivity contribution in [2.45, 2.75) is 26.7 Å².